The molecule has 0 bridgehead atoms. The molecule has 2 unspecified atom stereocenters. The lowest BCUT2D eigenvalue weighted by Gasteiger charge is -2.30. The molecule has 3 rings (SSSR count). The minimum atomic E-state index is 0.258. The zero-order valence-corrected chi connectivity index (χ0v) is 10.6. The van der Waals surface area contributed by atoms with Gasteiger partial charge in [-0.1, -0.05) is 12.8 Å². The number of hydrogen-bond donors (Lipinski definition) is 2. The smallest absolute Gasteiger partial charge is 0.192 e. The van der Waals surface area contributed by atoms with Crippen molar-refractivity contribution >= 4 is 16.8 Å². The number of hydrogen-bond acceptors (Lipinski definition) is 4. The maximum atomic E-state index is 6.15. The van der Waals surface area contributed by atoms with Crippen LogP contribution in [0, 0.1) is 6.92 Å². The molecule has 0 radical (unpaired) electrons. The summed E-state index contributed by atoms with van der Waals surface area (Å²) in [5, 5.41) is 3.53. The van der Waals surface area contributed by atoms with Crippen molar-refractivity contribution < 1.29 is 4.42 Å². The topological polar surface area (TPSA) is 64.1 Å². The summed E-state index contributed by atoms with van der Waals surface area (Å²) in [6, 6.07) is 6.67. The third-order valence-electron chi connectivity index (χ3n) is 3.67. The predicted octanol–water partition coefficient (Wildman–Crippen LogP) is 2.82. The lowest BCUT2D eigenvalue weighted by molar-refractivity contribution is 0.404. The fourth-order valence-corrected chi connectivity index (χ4v) is 2.69. The van der Waals surface area contributed by atoms with E-state index in [1.807, 2.05) is 25.1 Å². The Bertz CT molecular complexity index is 549. The Morgan fingerprint density at radius 2 is 2.17 bits per heavy atom. The highest BCUT2D eigenvalue weighted by molar-refractivity contribution is 5.77. The molecule has 4 heteroatoms. The van der Waals surface area contributed by atoms with Gasteiger partial charge in [-0.3, -0.25) is 0 Å². The van der Waals surface area contributed by atoms with E-state index in [-0.39, 0.29) is 6.04 Å². The number of anilines is 1. The summed E-state index contributed by atoms with van der Waals surface area (Å²) in [5.74, 6) is 0.705. The molecule has 2 atom stereocenters. The first kappa shape index (κ1) is 11.5. The van der Waals surface area contributed by atoms with Crippen molar-refractivity contribution in [3.05, 3.63) is 24.1 Å². The van der Waals surface area contributed by atoms with E-state index >= 15 is 0 Å². The van der Waals surface area contributed by atoms with Crippen molar-refractivity contribution in [2.24, 2.45) is 5.73 Å². The van der Waals surface area contributed by atoms with Crippen molar-refractivity contribution in [3.8, 4) is 0 Å². The Morgan fingerprint density at radius 3 is 3.00 bits per heavy atom. The molecule has 0 saturated heterocycles. The largest absolute Gasteiger partial charge is 0.441 e. The van der Waals surface area contributed by atoms with Crippen molar-refractivity contribution in [2.75, 3.05) is 5.32 Å². The maximum absolute atomic E-state index is 6.15. The summed E-state index contributed by atoms with van der Waals surface area (Å²) < 4.78 is 5.47. The molecule has 0 spiro atoms. The highest BCUT2D eigenvalue weighted by Gasteiger charge is 2.21. The summed E-state index contributed by atoms with van der Waals surface area (Å²) in [6.45, 7) is 1.87. The molecule has 1 heterocycles. The van der Waals surface area contributed by atoms with Gasteiger partial charge in [0.05, 0.1) is 0 Å². The van der Waals surface area contributed by atoms with Gasteiger partial charge in [-0.15, -0.1) is 0 Å². The molecule has 96 valence electrons. The fraction of sp³-hybridized carbons (Fsp3) is 0.500. The van der Waals surface area contributed by atoms with E-state index < -0.39 is 0 Å². The van der Waals surface area contributed by atoms with Crippen molar-refractivity contribution in [3.63, 3.8) is 0 Å². The van der Waals surface area contributed by atoms with Gasteiger partial charge in [-0.05, 0) is 31.0 Å². The minimum Gasteiger partial charge on any atom is -0.441 e. The predicted molar refractivity (Wildman–Crippen MR) is 72.6 cm³/mol. The zero-order valence-electron chi connectivity index (χ0n) is 10.6. The number of rotatable bonds is 2. The van der Waals surface area contributed by atoms with E-state index in [1.54, 1.807) is 0 Å². The van der Waals surface area contributed by atoms with Crippen LogP contribution in [0.2, 0.25) is 0 Å². The molecule has 18 heavy (non-hydrogen) atoms. The molecule has 1 aromatic heterocycles. The molecule has 1 saturated carbocycles. The second kappa shape index (κ2) is 4.61. The molecule has 2 aromatic rings. The van der Waals surface area contributed by atoms with Gasteiger partial charge in [0.25, 0.3) is 0 Å². The highest BCUT2D eigenvalue weighted by atomic mass is 16.3. The van der Waals surface area contributed by atoms with Crippen LogP contribution in [0.15, 0.2) is 22.6 Å². The first-order valence-electron chi connectivity index (χ1n) is 6.62. The molecule has 1 aliphatic carbocycles. The highest BCUT2D eigenvalue weighted by Crippen LogP contribution is 2.24. The quantitative estimate of drug-likeness (QED) is 0.854. The normalized spacial score (nSPS) is 24.3. The molecule has 1 fully saturated rings. The van der Waals surface area contributed by atoms with Gasteiger partial charge in [0, 0.05) is 24.7 Å². The monoisotopic (exact) mass is 245 g/mol. The summed E-state index contributed by atoms with van der Waals surface area (Å²) in [5.41, 5.74) is 8.97. The Morgan fingerprint density at radius 1 is 1.33 bits per heavy atom. The van der Waals surface area contributed by atoms with E-state index in [2.05, 4.69) is 10.3 Å². The lowest BCUT2D eigenvalue weighted by atomic mass is 9.91. The average molecular weight is 245 g/mol. The Hall–Kier alpha value is -1.55. The molecular formula is C14H19N3O. The van der Waals surface area contributed by atoms with Crippen LogP contribution in [0.5, 0.6) is 0 Å². The van der Waals surface area contributed by atoms with Crippen LogP contribution in [0.3, 0.4) is 0 Å². The lowest BCUT2D eigenvalue weighted by Crippen LogP contribution is -2.42. The molecular weight excluding hydrogens is 226 g/mol. The van der Waals surface area contributed by atoms with Gasteiger partial charge in [-0.25, -0.2) is 4.98 Å². The van der Waals surface area contributed by atoms with Crippen LogP contribution < -0.4 is 11.1 Å². The zero-order chi connectivity index (χ0) is 12.5. The minimum absolute atomic E-state index is 0.258. The third-order valence-corrected chi connectivity index (χ3v) is 3.67. The van der Waals surface area contributed by atoms with Crippen LogP contribution in [-0.4, -0.2) is 17.1 Å². The fourth-order valence-electron chi connectivity index (χ4n) is 2.69. The Kier molecular flexibility index (Phi) is 2.96. The van der Waals surface area contributed by atoms with Crippen LogP contribution in [0.1, 0.15) is 31.6 Å². The van der Waals surface area contributed by atoms with Gasteiger partial charge in [0.15, 0.2) is 11.5 Å². The molecule has 0 aliphatic heterocycles. The van der Waals surface area contributed by atoms with Crippen LogP contribution in [0.25, 0.3) is 11.1 Å². The number of aryl methyl sites for hydroxylation is 1. The van der Waals surface area contributed by atoms with Gasteiger partial charge in [0.2, 0.25) is 0 Å². The summed E-state index contributed by atoms with van der Waals surface area (Å²) >= 11 is 0. The molecule has 1 aliphatic rings. The first-order chi connectivity index (χ1) is 8.72. The Balaban J connectivity index is 1.81. The maximum Gasteiger partial charge on any atom is 0.192 e. The Labute approximate surface area is 107 Å². The number of fused-ring (bicyclic) bond motifs is 1. The number of benzene rings is 1. The number of nitrogens with zero attached hydrogens (tertiary/aromatic N) is 1. The standard InChI is InChI=1S/C14H19N3O/c1-9-16-13-8-10(6-7-14(13)18-9)17-12-5-3-2-4-11(12)15/h6-8,11-12,17H,2-5,15H2,1H3. The summed E-state index contributed by atoms with van der Waals surface area (Å²) in [7, 11) is 0. The van der Waals surface area contributed by atoms with Crippen LogP contribution in [0.4, 0.5) is 5.69 Å². The molecule has 3 N–H and O–H groups in total. The van der Waals surface area contributed by atoms with Crippen LogP contribution in [-0.2, 0) is 0 Å². The van der Waals surface area contributed by atoms with E-state index in [1.165, 1.54) is 12.8 Å². The summed E-state index contributed by atoms with van der Waals surface area (Å²) in [6.07, 6.45) is 4.78. The van der Waals surface area contributed by atoms with Gasteiger partial charge in [-0.2, -0.15) is 0 Å². The number of nitrogens with one attached hydrogen (secondary N) is 1. The second-order valence-corrected chi connectivity index (χ2v) is 5.11. The third kappa shape index (κ3) is 2.20. The average Bonchev–Trinajstić information content (AvgIpc) is 2.71. The van der Waals surface area contributed by atoms with Crippen molar-refractivity contribution in [1.29, 1.82) is 0 Å². The molecule has 0 amide bonds. The second-order valence-electron chi connectivity index (χ2n) is 5.11. The van der Waals surface area contributed by atoms with Gasteiger partial charge >= 0.3 is 0 Å². The van der Waals surface area contributed by atoms with Crippen LogP contribution >= 0.6 is 0 Å². The SMILES string of the molecule is Cc1nc2cc(NC3CCCCC3N)ccc2o1. The van der Waals surface area contributed by atoms with Crippen molar-refractivity contribution in [1.82, 2.24) is 4.98 Å². The summed E-state index contributed by atoms with van der Waals surface area (Å²) in [4.78, 5) is 4.35. The van der Waals surface area contributed by atoms with E-state index in [0.29, 0.717) is 11.9 Å². The van der Waals surface area contributed by atoms with Gasteiger partial charge < -0.3 is 15.5 Å². The van der Waals surface area contributed by atoms with Gasteiger partial charge in [0.1, 0.15) is 5.52 Å². The molecule has 1 aromatic carbocycles. The van der Waals surface area contributed by atoms with E-state index in [0.717, 1.165) is 29.6 Å². The van der Waals surface area contributed by atoms with E-state index in [4.69, 9.17) is 10.2 Å². The van der Waals surface area contributed by atoms with Crippen molar-refractivity contribution in [2.45, 2.75) is 44.7 Å². The molecule has 4 nitrogen and oxygen atoms in total. The number of aromatic nitrogens is 1. The van der Waals surface area contributed by atoms with E-state index in [9.17, 15) is 0 Å². The number of nitrogens with two attached hydrogens (primary N) is 1. The number of oxazole rings is 1. The first-order valence-corrected chi connectivity index (χ1v) is 6.62.